The van der Waals surface area contributed by atoms with Crippen molar-refractivity contribution in [1.29, 1.82) is 0 Å². The number of hydrogen-bond acceptors (Lipinski definition) is 5. The van der Waals surface area contributed by atoms with Crippen LogP contribution in [-0.2, 0) is 0 Å². The standard InChI is InChI=1S/C24H20N4OS/c1-15-11-19(9-10-26-15)27-23(16-5-3-2-4-6-16)22-20-12-17(18(13-25)14-30)7-8-21(20)28-24(22)29/h2-14,28-29H,25H2,1H3/b18-13+,27-23?. The summed E-state index contributed by atoms with van der Waals surface area (Å²) < 4.78 is 0. The van der Waals surface area contributed by atoms with E-state index in [1.54, 1.807) is 11.6 Å². The van der Waals surface area contributed by atoms with Gasteiger partial charge in [-0.3, -0.25) is 4.98 Å². The average Bonchev–Trinajstić information content (AvgIpc) is 3.08. The summed E-state index contributed by atoms with van der Waals surface area (Å²) in [6.45, 7) is 1.92. The fraction of sp³-hybridized carbons (Fsp3) is 0.0417. The van der Waals surface area contributed by atoms with Gasteiger partial charge < -0.3 is 15.8 Å². The second-order valence-electron chi connectivity index (χ2n) is 6.83. The Morgan fingerprint density at radius 2 is 1.90 bits per heavy atom. The van der Waals surface area contributed by atoms with Gasteiger partial charge in [0.05, 0.1) is 17.0 Å². The minimum absolute atomic E-state index is 0.0520. The fourth-order valence-corrected chi connectivity index (χ4v) is 3.61. The molecule has 148 valence electrons. The molecular weight excluding hydrogens is 392 g/mol. The van der Waals surface area contributed by atoms with E-state index in [4.69, 9.17) is 22.9 Å². The number of rotatable bonds is 5. The summed E-state index contributed by atoms with van der Waals surface area (Å²) in [4.78, 5) is 12.2. The number of aromatic hydroxyl groups is 1. The number of hydrogen-bond donors (Lipinski definition) is 3. The van der Waals surface area contributed by atoms with Gasteiger partial charge in [-0.1, -0.05) is 48.6 Å². The number of fused-ring (bicyclic) bond motifs is 1. The van der Waals surface area contributed by atoms with Gasteiger partial charge in [0.1, 0.15) is 0 Å². The summed E-state index contributed by atoms with van der Waals surface area (Å²) >= 11 is 5.08. The van der Waals surface area contributed by atoms with Crippen LogP contribution in [0.2, 0.25) is 0 Å². The lowest BCUT2D eigenvalue weighted by Crippen LogP contribution is -2.03. The maximum absolute atomic E-state index is 10.8. The van der Waals surface area contributed by atoms with Crippen molar-refractivity contribution in [3.63, 3.8) is 0 Å². The molecule has 0 atom stereocenters. The number of aromatic amines is 1. The van der Waals surface area contributed by atoms with Crippen LogP contribution in [0.5, 0.6) is 5.88 Å². The number of aryl methyl sites for hydroxylation is 1. The maximum atomic E-state index is 10.8. The second-order valence-corrected chi connectivity index (χ2v) is 7.07. The van der Waals surface area contributed by atoms with E-state index in [1.165, 1.54) is 6.20 Å². The number of H-pyrrole nitrogens is 1. The Kier molecular flexibility index (Phi) is 5.41. The van der Waals surface area contributed by atoms with Crippen LogP contribution in [0.1, 0.15) is 22.4 Å². The summed E-state index contributed by atoms with van der Waals surface area (Å²) in [5.74, 6) is 0.0520. The van der Waals surface area contributed by atoms with Crippen molar-refractivity contribution in [2.45, 2.75) is 6.92 Å². The maximum Gasteiger partial charge on any atom is 0.199 e. The lowest BCUT2D eigenvalue weighted by Gasteiger charge is -2.09. The van der Waals surface area contributed by atoms with Gasteiger partial charge in [-0.2, -0.15) is 0 Å². The van der Waals surface area contributed by atoms with Crippen molar-refractivity contribution in [3.8, 4) is 5.88 Å². The first-order chi connectivity index (χ1) is 14.6. The fourth-order valence-electron chi connectivity index (χ4n) is 3.39. The molecule has 0 aliphatic heterocycles. The molecule has 0 saturated heterocycles. The number of nitrogens with two attached hydrogens (primary N) is 1. The number of thiocarbonyl (C=S) groups is 1. The zero-order valence-electron chi connectivity index (χ0n) is 16.3. The molecule has 30 heavy (non-hydrogen) atoms. The van der Waals surface area contributed by atoms with Gasteiger partial charge in [-0.25, -0.2) is 4.99 Å². The highest BCUT2D eigenvalue weighted by Crippen LogP contribution is 2.33. The van der Waals surface area contributed by atoms with Crippen molar-refractivity contribution in [3.05, 3.63) is 95.4 Å². The summed E-state index contributed by atoms with van der Waals surface area (Å²) in [6, 6.07) is 19.3. The number of aromatic nitrogens is 2. The van der Waals surface area contributed by atoms with E-state index in [9.17, 15) is 5.11 Å². The molecule has 0 aliphatic rings. The molecule has 0 fully saturated rings. The van der Waals surface area contributed by atoms with Crippen molar-refractivity contribution in [2.24, 2.45) is 10.7 Å². The molecule has 6 heteroatoms. The van der Waals surface area contributed by atoms with Crippen LogP contribution < -0.4 is 5.73 Å². The first kappa shape index (κ1) is 19.5. The molecule has 0 amide bonds. The smallest absolute Gasteiger partial charge is 0.199 e. The molecule has 4 rings (SSSR count). The monoisotopic (exact) mass is 412 g/mol. The molecule has 4 N–H and O–H groups in total. The molecule has 5 nitrogen and oxygen atoms in total. The summed E-state index contributed by atoms with van der Waals surface area (Å²) in [6.07, 6.45) is 3.20. The highest BCUT2D eigenvalue weighted by molar-refractivity contribution is 7.79. The van der Waals surface area contributed by atoms with Crippen LogP contribution in [0.15, 0.2) is 78.1 Å². The van der Waals surface area contributed by atoms with Crippen molar-refractivity contribution in [2.75, 3.05) is 0 Å². The largest absolute Gasteiger partial charge is 0.494 e. The Bertz CT molecular complexity index is 1290. The Hall–Kier alpha value is -3.77. The molecular formula is C24H20N4OS. The van der Waals surface area contributed by atoms with Crippen LogP contribution in [0.25, 0.3) is 16.5 Å². The van der Waals surface area contributed by atoms with E-state index >= 15 is 0 Å². The quantitative estimate of drug-likeness (QED) is 0.243. The topological polar surface area (TPSA) is 87.3 Å². The number of benzene rings is 2. The Morgan fingerprint density at radius 3 is 2.60 bits per heavy atom. The van der Waals surface area contributed by atoms with Gasteiger partial charge in [-0.05, 0) is 36.8 Å². The summed E-state index contributed by atoms with van der Waals surface area (Å²) in [7, 11) is 0. The van der Waals surface area contributed by atoms with Gasteiger partial charge in [0.2, 0.25) is 0 Å². The van der Waals surface area contributed by atoms with E-state index in [1.807, 2.05) is 67.6 Å². The second kappa shape index (κ2) is 8.31. The van der Waals surface area contributed by atoms with Crippen LogP contribution in [0, 0.1) is 6.92 Å². The Morgan fingerprint density at radius 1 is 1.10 bits per heavy atom. The number of nitrogens with zero attached hydrogens (tertiary/aromatic N) is 2. The van der Waals surface area contributed by atoms with Crippen molar-refractivity contribution < 1.29 is 5.11 Å². The molecule has 0 radical (unpaired) electrons. The van der Waals surface area contributed by atoms with Crippen molar-refractivity contribution >= 4 is 45.5 Å². The third kappa shape index (κ3) is 3.73. The number of allylic oxidation sites excluding steroid dienone is 1. The molecule has 0 aliphatic carbocycles. The molecule has 0 saturated carbocycles. The van der Waals surface area contributed by atoms with Gasteiger partial charge >= 0.3 is 0 Å². The van der Waals surface area contributed by atoms with E-state index in [-0.39, 0.29) is 5.88 Å². The van der Waals surface area contributed by atoms with E-state index in [0.29, 0.717) is 11.3 Å². The first-order valence-electron chi connectivity index (χ1n) is 9.40. The van der Waals surface area contributed by atoms with Crippen LogP contribution in [0.4, 0.5) is 5.69 Å². The van der Waals surface area contributed by atoms with Crippen molar-refractivity contribution in [1.82, 2.24) is 9.97 Å². The van der Waals surface area contributed by atoms with Gasteiger partial charge in [0.15, 0.2) is 5.88 Å². The molecule has 0 spiro atoms. The van der Waals surface area contributed by atoms with Crippen LogP contribution in [-0.4, -0.2) is 26.2 Å². The minimum atomic E-state index is 0.0520. The van der Waals surface area contributed by atoms with E-state index in [0.717, 1.165) is 39.0 Å². The molecule has 2 heterocycles. The molecule has 0 unspecified atom stereocenters. The lowest BCUT2D eigenvalue weighted by molar-refractivity contribution is 0.457. The van der Waals surface area contributed by atoms with Gasteiger partial charge in [-0.15, -0.1) is 0 Å². The average molecular weight is 413 g/mol. The predicted molar refractivity (Wildman–Crippen MR) is 126 cm³/mol. The number of pyridine rings is 1. The van der Waals surface area contributed by atoms with E-state index < -0.39 is 0 Å². The SMILES string of the molecule is Cc1cc(N=C(c2ccccc2)c2c(O)[nH]c3ccc(/C(C=S)=C/N)cc23)ccn1. The minimum Gasteiger partial charge on any atom is -0.494 e. The molecule has 2 aromatic carbocycles. The Labute approximate surface area is 179 Å². The van der Waals surface area contributed by atoms with E-state index in [2.05, 4.69) is 9.97 Å². The third-order valence-electron chi connectivity index (χ3n) is 4.82. The number of aliphatic imine (C=N–C) groups is 1. The summed E-state index contributed by atoms with van der Waals surface area (Å²) in [5.41, 5.74) is 11.9. The van der Waals surface area contributed by atoms with Crippen LogP contribution >= 0.6 is 12.2 Å². The van der Waals surface area contributed by atoms with Gasteiger partial charge in [0.25, 0.3) is 0 Å². The molecule has 4 aromatic rings. The molecule has 0 bridgehead atoms. The Balaban J connectivity index is 2.00. The highest BCUT2D eigenvalue weighted by atomic mass is 32.1. The third-order valence-corrected chi connectivity index (χ3v) is 5.08. The highest BCUT2D eigenvalue weighted by Gasteiger charge is 2.19. The zero-order valence-corrected chi connectivity index (χ0v) is 17.1. The normalized spacial score (nSPS) is 12.3. The number of nitrogens with one attached hydrogen (secondary N) is 1. The summed E-state index contributed by atoms with van der Waals surface area (Å²) in [5, 5.41) is 13.2. The zero-order chi connectivity index (χ0) is 21.1. The first-order valence-corrected chi connectivity index (χ1v) is 9.87. The van der Waals surface area contributed by atoms with Crippen LogP contribution in [0.3, 0.4) is 0 Å². The lowest BCUT2D eigenvalue weighted by atomic mass is 9.98. The van der Waals surface area contributed by atoms with Gasteiger partial charge in [0, 0.05) is 45.5 Å². The molecule has 2 aromatic heterocycles. The predicted octanol–water partition coefficient (Wildman–Crippen LogP) is 5.05.